The van der Waals surface area contributed by atoms with Crippen LogP contribution < -0.4 is 9.64 Å². The van der Waals surface area contributed by atoms with Crippen LogP contribution in [0, 0.1) is 18.8 Å². The van der Waals surface area contributed by atoms with E-state index < -0.39 is 0 Å². The van der Waals surface area contributed by atoms with Crippen molar-refractivity contribution in [2.75, 3.05) is 12.0 Å². The smallest absolute Gasteiger partial charge is 0.133 e. The number of amidine groups is 1. The number of methoxy groups -OCH3 is 1. The summed E-state index contributed by atoms with van der Waals surface area (Å²) >= 11 is 0. The topological polar surface area (TPSA) is 40.6 Å². The molecule has 0 amide bonds. The second-order valence-corrected chi connectivity index (χ2v) is 11.8. The number of aryl methyl sites for hydroxylation is 1. The molecule has 0 bridgehead atoms. The second-order valence-electron chi connectivity index (χ2n) is 11.8. The zero-order valence-electron chi connectivity index (χ0n) is 24.8. The Bertz CT molecular complexity index is 1890. The van der Waals surface area contributed by atoms with Gasteiger partial charge in [-0.15, -0.1) is 0 Å². The Balaban J connectivity index is 1.31. The predicted molar refractivity (Wildman–Crippen MR) is 176 cm³/mol. The van der Waals surface area contributed by atoms with Gasteiger partial charge in [-0.2, -0.15) is 0 Å². The Morgan fingerprint density at radius 3 is 2.40 bits per heavy atom. The number of nitrogens with one attached hydrogen (secondary N) is 1. The molecule has 42 heavy (non-hydrogen) atoms. The zero-order chi connectivity index (χ0) is 29.3. The minimum atomic E-state index is 0.133. The van der Waals surface area contributed by atoms with Crippen molar-refractivity contribution >= 4 is 34.2 Å². The first-order chi connectivity index (χ1) is 20.3. The standard InChI is InChI=1S/C38H35N3O/c1-26-22-28(11-10-27-12-16-31(17-13-27)38(2,3)4)14-20-36(26)41-25-30-8-6-7-9-34(30)40-37(41)21-15-29-24-39-35-19-18-32(42-5)23-33(29)35/h6-9,12-24,39H,25H2,1-5H3. The molecule has 1 aliphatic heterocycles. The average molecular weight is 550 g/mol. The number of nitrogens with zero attached hydrogens (tertiary/aromatic N) is 2. The SMILES string of the molecule is COc1ccc2[nH]cc(C=CC3=Nc4ccccc4CN3c3ccc(C#Cc4ccc(C(C)(C)C)cc4)cc3C)c2c1. The number of rotatable bonds is 4. The maximum atomic E-state index is 5.46. The molecule has 208 valence electrons. The summed E-state index contributed by atoms with van der Waals surface area (Å²) in [6.07, 6.45) is 6.25. The number of aromatic nitrogens is 1. The lowest BCUT2D eigenvalue weighted by atomic mass is 9.87. The number of fused-ring (bicyclic) bond motifs is 2. The van der Waals surface area contributed by atoms with Crippen molar-refractivity contribution in [3.8, 4) is 17.6 Å². The third kappa shape index (κ3) is 5.60. The van der Waals surface area contributed by atoms with Crippen LogP contribution in [0.2, 0.25) is 0 Å². The zero-order valence-corrected chi connectivity index (χ0v) is 24.8. The second kappa shape index (κ2) is 11.1. The number of aromatic amines is 1. The van der Waals surface area contributed by atoms with Gasteiger partial charge < -0.3 is 14.6 Å². The fourth-order valence-corrected chi connectivity index (χ4v) is 5.31. The molecular formula is C38H35N3O. The number of anilines is 1. The van der Waals surface area contributed by atoms with Crippen molar-refractivity contribution in [3.63, 3.8) is 0 Å². The fourth-order valence-electron chi connectivity index (χ4n) is 5.31. The average Bonchev–Trinajstić information content (AvgIpc) is 3.40. The molecule has 0 aliphatic carbocycles. The van der Waals surface area contributed by atoms with E-state index in [1.54, 1.807) is 7.11 Å². The first-order valence-corrected chi connectivity index (χ1v) is 14.3. The Kier molecular flexibility index (Phi) is 7.19. The van der Waals surface area contributed by atoms with Gasteiger partial charge in [0.05, 0.1) is 19.3 Å². The van der Waals surface area contributed by atoms with Gasteiger partial charge in [0, 0.05) is 39.5 Å². The highest BCUT2D eigenvalue weighted by Crippen LogP contribution is 2.33. The van der Waals surface area contributed by atoms with E-state index in [1.807, 2.05) is 24.4 Å². The predicted octanol–water partition coefficient (Wildman–Crippen LogP) is 8.95. The Hall–Kier alpha value is -5.01. The molecule has 5 aromatic rings. The quantitative estimate of drug-likeness (QED) is 0.227. The normalized spacial score (nSPS) is 13.1. The van der Waals surface area contributed by atoms with E-state index in [2.05, 4.69) is 128 Å². The molecule has 4 heteroatoms. The molecule has 4 nitrogen and oxygen atoms in total. The van der Waals surface area contributed by atoms with Crippen molar-refractivity contribution in [2.45, 2.75) is 39.7 Å². The minimum absolute atomic E-state index is 0.133. The summed E-state index contributed by atoms with van der Waals surface area (Å²) in [5.74, 6) is 8.43. The first kappa shape index (κ1) is 27.2. The molecular weight excluding hydrogens is 514 g/mol. The number of H-pyrrole nitrogens is 1. The lowest BCUT2D eigenvalue weighted by Gasteiger charge is -2.30. The molecule has 1 aromatic heterocycles. The van der Waals surface area contributed by atoms with Crippen LogP contribution >= 0.6 is 0 Å². The van der Waals surface area contributed by atoms with E-state index in [9.17, 15) is 0 Å². The summed E-state index contributed by atoms with van der Waals surface area (Å²) in [5.41, 5.74) is 10.1. The van der Waals surface area contributed by atoms with Gasteiger partial charge in [0.1, 0.15) is 11.6 Å². The van der Waals surface area contributed by atoms with E-state index in [1.165, 1.54) is 11.1 Å². The van der Waals surface area contributed by atoms with Crippen LogP contribution in [-0.2, 0) is 12.0 Å². The monoisotopic (exact) mass is 549 g/mol. The number of benzene rings is 4. The highest BCUT2D eigenvalue weighted by molar-refractivity contribution is 6.11. The van der Waals surface area contributed by atoms with Gasteiger partial charge in [-0.25, -0.2) is 4.99 Å². The third-order valence-electron chi connectivity index (χ3n) is 7.75. The van der Waals surface area contributed by atoms with Gasteiger partial charge in [0.15, 0.2) is 0 Å². The molecule has 0 spiro atoms. The molecule has 0 saturated carbocycles. The maximum Gasteiger partial charge on any atom is 0.133 e. The van der Waals surface area contributed by atoms with Gasteiger partial charge in [-0.3, -0.25) is 0 Å². The molecule has 0 radical (unpaired) electrons. The number of aliphatic imine (C=N–C) groups is 1. The summed E-state index contributed by atoms with van der Waals surface area (Å²) in [7, 11) is 1.69. The molecule has 0 atom stereocenters. The van der Waals surface area contributed by atoms with Gasteiger partial charge in [0.25, 0.3) is 0 Å². The minimum Gasteiger partial charge on any atom is -0.497 e. The highest BCUT2D eigenvalue weighted by atomic mass is 16.5. The van der Waals surface area contributed by atoms with Crippen LogP contribution in [0.15, 0.2) is 102 Å². The van der Waals surface area contributed by atoms with Crippen LogP contribution in [0.25, 0.3) is 17.0 Å². The molecule has 0 unspecified atom stereocenters. The summed E-state index contributed by atoms with van der Waals surface area (Å²) < 4.78 is 5.46. The van der Waals surface area contributed by atoms with Crippen molar-refractivity contribution in [3.05, 3.63) is 131 Å². The lowest BCUT2D eigenvalue weighted by molar-refractivity contribution is 0.415. The van der Waals surface area contributed by atoms with Gasteiger partial charge in [-0.05, 0) is 95.8 Å². The molecule has 0 fully saturated rings. The maximum absolute atomic E-state index is 5.46. The summed E-state index contributed by atoms with van der Waals surface area (Å²) in [4.78, 5) is 10.7. The number of para-hydroxylation sites is 1. The molecule has 6 rings (SSSR count). The molecule has 4 aromatic carbocycles. The third-order valence-corrected chi connectivity index (χ3v) is 7.75. The van der Waals surface area contributed by atoms with Crippen molar-refractivity contribution in [1.82, 2.24) is 4.98 Å². The molecule has 1 aliphatic rings. The summed E-state index contributed by atoms with van der Waals surface area (Å²) in [6.45, 7) is 9.57. The van der Waals surface area contributed by atoms with E-state index in [-0.39, 0.29) is 5.41 Å². The van der Waals surface area contributed by atoms with Gasteiger partial charge in [0.2, 0.25) is 0 Å². The number of hydrogen-bond donors (Lipinski definition) is 1. The number of hydrogen-bond acceptors (Lipinski definition) is 3. The Morgan fingerprint density at radius 2 is 1.64 bits per heavy atom. The Labute approximate surface area is 248 Å². The van der Waals surface area contributed by atoms with E-state index >= 15 is 0 Å². The van der Waals surface area contributed by atoms with E-state index in [4.69, 9.17) is 9.73 Å². The largest absolute Gasteiger partial charge is 0.497 e. The fraction of sp³-hybridized carbons (Fsp3) is 0.184. The summed E-state index contributed by atoms with van der Waals surface area (Å²) in [5, 5.41) is 1.11. The molecule has 0 saturated heterocycles. The van der Waals surface area contributed by atoms with E-state index in [0.29, 0.717) is 0 Å². The summed E-state index contributed by atoms with van der Waals surface area (Å²) in [6, 6.07) is 29.4. The molecule has 2 heterocycles. The van der Waals surface area contributed by atoms with Crippen LogP contribution in [-0.4, -0.2) is 17.9 Å². The van der Waals surface area contributed by atoms with Crippen LogP contribution in [0.3, 0.4) is 0 Å². The first-order valence-electron chi connectivity index (χ1n) is 14.3. The lowest BCUT2D eigenvalue weighted by Crippen LogP contribution is -2.31. The number of ether oxygens (including phenoxy) is 1. The van der Waals surface area contributed by atoms with Crippen LogP contribution in [0.5, 0.6) is 5.75 Å². The van der Waals surface area contributed by atoms with E-state index in [0.717, 1.165) is 62.7 Å². The van der Waals surface area contributed by atoms with Gasteiger partial charge in [-0.1, -0.05) is 62.9 Å². The Morgan fingerprint density at radius 1 is 0.881 bits per heavy atom. The van der Waals surface area contributed by atoms with Crippen LogP contribution in [0.4, 0.5) is 11.4 Å². The van der Waals surface area contributed by atoms with Crippen molar-refractivity contribution in [1.29, 1.82) is 0 Å². The van der Waals surface area contributed by atoms with Crippen molar-refractivity contribution in [2.24, 2.45) is 4.99 Å². The molecule has 1 N–H and O–H groups in total. The van der Waals surface area contributed by atoms with Crippen molar-refractivity contribution < 1.29 is 4.74 Å². The van der Waals surface area contributed by atoms with Gasteiger partial charge >= 0.3 is 0 Å². The van der Waals surface area contributed by atoms with Crippen LogP contribution in [0.1, 0.15) is 54.2 Å². The highest BCUT2D eigenvalue weighted by Gasteiger charge is 2.21.